The zero-order chi connectivity index (χ0) is 14.7. The van der Waals surface area contributed by atoms with E-state index in [0.717, 1.165) is 10.7 Å². The van der Waals surface area contributed by atoms with Crippen molar-refractivity contribution in [2.45, 2.75) is 19.9 Å². The summed E-state index contributed by atoms with van der Waals surface area (Å²) in [6.45, 7) is 3.76. The first-order valence-electron chi connectivity index (χ1n) is 6.11. The molecule has 0 radical (unpaired) electrons. The molecule has 106 valence electrons. The summed E-state index contributed by atoms with van der Waals surface area (Å²) in [5.41, 5.74) is 1.14. The summed E-state index contributed by atoms with van der Waals surface area (Å²) in [6.07, 6.45) is 0. The van der Waals surface area contributed by atoms with Gasteiger partial charge in [-0.25, -0.2) is 4.98 Å². The van der Waals surface area contributed by atoms with E-state index in [2.05, 4.69) is 10.3 Å². The van der Waals surface area contributed by atoms with Gasteiger partial charge in [0.25, 0.3) is 5.91 Å². The second-order valence-electron chi connectivity index (χ2n) is 4.41. The van der Waals surface area contributed by atoms with Crippen LogP contribution in [-0.4, -0.2) is 23.1 Å². The average Bonchev–Trinajstić information content (AvgIpc) is 2.85. The maximum atomic E-state index is 12.1. The van der Waals surface area contributed by atoms with Crippen LogP contribution in [0, 0.1) is 6.92 Å². The Balaban J connectivity index is 2.12. The third-order valence-corrected chi connectivity index (χ3v) is 3.95. The van der Waals surface area contributed by atoms with Crippen LogP contribution in [0.1, 0.15) is 34.0 Å². The van der Waals surface area contributed by atoms with Gasteiger partial charge in [-0.2, -0.15) is 0 Å². The number of methoxy groups -OCH3 is 1. The molecule has 1 heterocycles. The number of aromatic hydroxyl groups is 1. The Morgan fingerprint density at radius 2 is 2.25 bits per heavy atom. The third-order valence-electron chi connectivity index (χ3n) is 2.80. The van der Waals surface area contributed by atoms with Gasteiger partial charge in [0.1, 0.15) is 16.5 Å². The van der Waals surface area contributed by atoms with Crippen molar-refractivity contribution in [3.63, 3.8) is 0 Å². The molecule has 0 saturated carbocycles. The maximum Gasteiger partial charge on any atom is 0.255 e. The SMILES string of the molecule is COc1ccc(C(=O)NC(C)c2nc(C)cs2)c(O)c1. The van der Waals surface area contributed by atoms with Crippen LogP contribution in [0.2, 0.25) is 0 Å². The second kappa shape index (κ2) is 5.92. The van der Waals surface area contributed by atoms with Crippen molar-refractivity contribution in [2.24, 2.45) is 0 Å². The molecule has 1 atom stereocenters. The molecule has 2 aromatic rings. The summed E-state index contributed by atoms with van der Waals surface area (Å²) >= 11 is 1.50. The van der Waals surface area contributed by atoms with Crippen molar-refractivity contribution in [3.05, 3.63) is 39.8 Å². The summed E-state index contributed by atoms with van der Waals surface area (Å²) in [5.74, 6) is 0.0533. The van der Waals surface area contributed by atoms with Crippen molar-refractivity contribution >= 4 is 17.2 Å². The number of nitrogens with one attached hydrogen (secondary N) is 1. The fourth-order valence-electron chi connectivity index (χ4n) is 1.74. The summed E-state index contributed by atoms with van der Waals surface area (Å²) in [6, 6.07) is 4.37. The number of thiazole rings is 1. The molecule has 1 amide bonds. The Bertz CT molecular complexity index is 625. The number of carbonyl (C=O) groups excluding carboxylic acids is 1. The largest absolute Gasteiger partial charge is 0.507 e. The monoisotopic (exact) mass is 292 g/mol. The van der Waals surface area contributed by atoms with Gasteiger partial charge in [0.05, 0.1) is 18.7 Å². The summed E-state index contributed by atoms with van der Waals surface area (Å²) in [7, 11) is 1.50. The van der Waals surface area contributed by atoms with E-state index in [0.29, 0.717) is 5.75 Å². The van der Waals surface area contributed by atoms with E-state index in [9.17, 15) is 9.90 Å². The Morgan fingerprint density at radius 1 is 1.50 bits per heavy atom. The summed E-state index contributed by atoms with van der Waals surface area (Å²) < 4.78 is 4.98. The van der Waals surface area contributed by atoms with Crippen molar-refractivity contribution < 1.29 is 14.6 Å². The third kappa shape index (κ3) is 3.08. The van der Waals surface area contributed by atoms with Crippen molar-refractivity contribution in [1.29, 1.82) is 0 Å². The standard InChI is InChI=1S/C14H16N2O3S/c1-8-7-20-14(15-8)9(2)16-13(18)11-5-4-10(19-3)6-12(11)17/h4-7,9,17H,1-3H3,(H,16,18). The lowest BCUT2D eigenvalue weighted by Crippen LogP contribution is -2.26. The fourth-order valence-corrected chi connectivity index (χ4v) is 2.54. The van der Waals surface area contributed by atoms with E-state index in [1.165, 1.54) is 30.6 Å². The molecule has 1 unspecified atom stereocenters. The number of nitrogens with zero attached hydrogens (tertiary/aromatic N) is 1. The van der Waals surface area contributed by atoms with Gasteiger partial charge in [-0.1, -0.05) is 0 Å². The number of rotatable bonds is 4. The molecule has 0 spiro atoms. The number of hydrogen-bond donors (Lipinski definition) is 2. The van der Waals surface area contributed by atoms with Gasteiger partial charge in [0.2, 0.25) is 0 Å². The minimum Gasteiger partial charge on any atom is -0.507 e. The summed E-state index contributed by atoms with van der Waals surface area (Å²) in [4.78, 5) is 16.4. The van der Waals surface area contributed by atoms with E-state index < -0.39 is 0 Å². The lowest BCUT2D eigenvalue weighted by molar-refractivity contribution is 0.0937. The first kappa shape index (κ1) is 14.3. The normalized spacial score (nSPS) is 11.9. The lowest BCUT2D eigenvalue weighted by Gasteiger charge is -2.12. The van der Waals surface area contributed by atoms with Gasteiger partial charge in [-0.3, -0.25) is 4.79 Å². The zero-order valence-electron chi connectivity index (χ0n) is 11.5. The first-order valence-corrected chi connectivity index (χ1v) is 6.99. The molecule has 0 bridgehead atoms. The molecule has 0 fully saturated rings. The topological polar surface area (TPSA) is 71.5 Å². The molecule has 2 N–H and O–H groups in total. The van der Waals surface area contributed by atoms with Crippen LogP contribution in [0.25, 0.3) is 0 Å². The van der Waals surface area contributed by atoms with Gasteiger partial charge >= 0.3 is 0 Å². The molecule has 1 aromatic heterocycles. The van der Waals surface area contributed by atoms with Gasteiger partial charge < -0.3 is 15.2 Å². The molecule has 0 aliphatic heterocycles. The van der Waals surface area contributed by atoms with Crippen LogP contribution in [0.3, 0.4) is 0 Å². The number of phenolic OH excluding ortho intramolecular Hbond substituents is 1. The molecule has 6 heteroatoms. The minimum atomic E-state index is -0.342. The molecule has 0 saturated heterocycles. The van der Waals surface area contributed by atoms with Gasteiger partial charge in [0.15, 0.2) is 0 Å². The number of aromatic nitrogens is 1. The average molecular weight is 292 g/mol. The smallest absolute Gasteiger partial charge is 0.255 e. The van der Waals surface area contributed by atoms with E-state index in [1.807, 2.05) is 19.2 Å². The predicted molar refractivity (Wildman–Crippen MR) is 77.4 cm³/mol. The number of phenols is 1. The van der Waals surface area contributed by atoms with Crippen LogP contribution in [0.4, 0.5) is 0 Å². The van der Waals surface area contributed by atoms with Crippen LogP contribution < -0.4 is 10.1 Å². The van der Waals surface area contributed by atoms with Crippen molar-refractivity contribution in [3.8, 4) is 11.5 Å². The second-order valence-corrected chi connectivity index (χ2v) is 5.30. The molecular formula is C14H16N2O3S. The molecule has 0 aliphatic rings. The van der Waals surface area contributed by atoms with Crippen LogP contribution in [0.5, 0.6) is 11.5 Å². The van der Waals surface area contributed by atoms with Gasteiger partial charge in [-0.15, -0.1) is 11.3 Å². The highest BCUT2D eigenvalue weighted by molar-refractivity contribution is 7.09. The van der Waals surface area contributed by atoms with E-state index in [1.54, 1.807) is 6.07 Å². The Labute approximate surface area is 121 Å². The number of amides is 1. The van der Waals surface area contributed by atoms with E-state index in [4.69, 9.17) is 4.74 Å². The van der Waals surface area contributed by atoms with Gasteiger partial charge in [-0.05, 0) is 26.0 Å². The van der Waals surface area contributed by atoms with Crippen LogP contribution in [-0.2, 0) is 0 Å². The lowest BCUT2D eigenvalue weighted by atomic mass is 10.1. The molecule has 5 nitrogen and oxygen atoms in total. The van der Waals surface area contributed by atoms with Crippen molar-refractivity contribution in [2.75, 3.05) is 7.11 Å². The molecular weight excluding hydrogens is 276 g/mol. The number of carbonyl (C=O) groups is 1. The summed E-state index contributed by atoms with van der Waals surface area (Å²) in [5, 5.41) is 15.4. The molecule has 20 heavy (non-hydrogen) atoms. The Hall–Kier alpha value is -2.08. The number of ether oxygens (including phenoxy) is 1. The highest BCUT2D eigenvalue weighted by Gasteiger charge is 2.17. The fraction of sp³-hybridized carbons (Fsp3) is 0.286. The number of benzene rings is 1. The minimum absolute atomic E-state index is 0.107. The van der Waals surface area contributed by atoms with Crippen LogP contribution >= 0.6 is 11.3 Å². The number of aryl methyl sites for hydroxylation is 1. The molecule has 2 rings (SSSR count). The maximum absolute atomic E-state index is 12.1. The first-order chi connectivity index (χ1) is 9.51. The molecule has 1 aromatic carbocycles. The predicted octanol–water partition coefficient (Wildman–Crippen LogP) is 2.66. The highest BCUT2D eigenvalue weighted by atomic mass is 32.1. The van der Waals surface area contributed by atoms with Crippen molar-refractivity contribution in [1.82, 2.24) is 10.3 Å². The number of hydrogen-bond acceptors (Lipinski definition) is 5. The van der Waals surface area contributed by atoms with E-state index >= 15 is 0 Å². The molecule has 0 aliphatic carbocycles. The highest BCUT2D eigenvalue weighted by Crippen LogP contribution is 2.24. The Morgan fingerprint density at radius 3 is 2.80 bits per heavy atom. The van der Waals surface area contributed by atoms with E-state index in [-0.39, 0.29) is 23.3 Å². The van der Waals surface area contributed by atoms with Gasteiger partial charge in [0, 0.05) is 17.1 Å². The van der Waals surface area contributed by atoms with Crippen LogP contribution in [0.15, 0.2) is 23.6 Å². The zero-order valence-corrected chi connectivity index (χ0v) is 12.3. The quantitative estimate of drug-likeness (QED) is 0.908. The Kier molecular flexibility index (Phi) is 4.24.